The minimum atomic E-state index is -0.806. The van der Waals surface area contributed by atoms with Crippen LogP contribution in [0.1, 0.15) is 67.3 Å². The first-order chi connectivity index (χ1) is 10.5. The minimum Gasteiger partial charge on any atom is -0.384 e. The smallest absolute Gasteiger partial charge is 0.103 e. The van der Waals surface area contributed by atoms with E-state index in [0.717, 1.165) is 18.4 Å². The summed E-state index contributed by atoms with van der Waals surface area (Å²) in [6.45, 7) is 8.77. The Balaban J connectivity index is 2.20. The Morgan fingerprint density at radius 3 is 2.23 bits per heavy atom. The van der Waals surface area contributed by atoms with Crippen molar-refractivity contribution in [2.45, 2.75) is 58.0 Å². The summed E-state index contributed by atoms with van der Waals surface area (Å²) in [6, 6.07) is 14.8. The van der Waals surface area contributed by atoms with E-state index in [-0.39, 0.29) is 11.8 Å². The van der Waals surface area contributed by atoms with Gasteiger partial charge in [0, 0.05) is 11.8 Å². The molecule has 0 bridgehead atoms. The highest BCUT2D eigenvalue weighted by atomic mass is 16.3. The number of fused-ring (bicyclic) bond motifs is 1. The molecule has 3 atom stereocenters. The molecule has 0 radical (unpaired) electrons. The first-order valence-electron chi connectivity index (χ1n) is 8.47. The molecule has 116 valence electrons. The molecule has 1 aliphatic rings. The van der Waals surface area contributed by atoms with Crippen LogP contribution in [0, 0.1) is 0 Å². The molecule has 0 amide bonds. The molecule has 0 aliphatic heterocycles. The number of rotatable bonds is 3. The van der Waals surface area contributed by atoms with Crippen LogP contribution in [0.2, 0.25) is 0 Å². The van der Waals surface area contributed by atoms with Crippen molar-refractivity contribution < 1.29 is 5.11 Å². The van der Waals surface area contributed by atoms with Crippen LogP contribution in [-0.4, -0.2) is 5.11 Å². The lowest BCUT2D eigenvalue weighted by Crippen LogP contribution is -2.32. The molecule has 1 aliphatic carbocycles. The molecule has 0 saturated carbocycles. The average Bonchev–Trinajstić information content (AvgIpc) is 2.77. The molecule has 0 unspecified atom stereocenters. The average molecular weight is 294 g/mol. The molecule has 1 nitrogen and oxygen atoms in total. The molecular formula is C21H26O. The van der Waals surface area contributed by atoms with Crippen molar-refractivity contribution in [3.8, 4) is 0 Å². The van der Waals surface area contributed by atoms with E-state index in [9.17, 15) is 5.11 Å². The quantitative estimate of drug-likeness (QED) is 0.852. The summed E-state index contributed by atoms with van der Waals surface area (Å²) in [7, 11) is 0. The van der Waals surface area contributed by atoms with Crippen molar-refractivity contribution in [3.63, 3.8) is 0 Å². The van der Waals surface area contributed by atoms with Crippen LogP contribution in [0.3, 0.4) is 0 Å². The lowest BCUT2D eigenvalue weighted by atomic mass is 9.77. The van der Waals surface area contributed by atoms with Crippen molar-refractivity contribution in [1.82, 2.24) is 0 Å². The molecule has 0 spiro atoms. The lowest BCUT2D eigenvalue weighted by molar-refractivity contribution is 0.00292. The predicted octanol–water partition coefficient (Wildman–Crippen LogP) is 4.92. The zero-order valence-corrected chi connectivity index (χ0v) is 14.1. The highest BCUT2D eigenvalue weighted by Gasteiger charge is 2.49. The maximum Gasteiger partial charge on any atom is 0.103 e. The van der Waals surface area contributed by atoms with Gasteiger partial charge in [-0.2, -0.15) is 0 Å². The van der Waals surface area contributed by atoms with E-state index < -0.39 is 5.60 Å². The van der Waals surface area contributed by atoms with Gasteiger partial charge >= 0.3 is 0 Å². The molecule has 2 aromatic carbocycles. The van der Waals surface area contributed by atoms with Crippen LogP contribution in [0.4, 0.5) is 0 Å². The predicted molar refractivity (Wildman–Crippen MR) is 92.4 cm³/mol. The Hall–Kier alpha value is -1.60. The monoisotopic (exact) mass is 294 g/mol. The summed E-state index contributed by atoms with van der Waals surface area (Å²) < 4.78 is 0. The zero-order chi connectivity index (χ0) is 15.9. The fraction of sp³-hybridized carbons (Fsp3) is 0.429. The summed E-state index contributed by atoms with van der Waals surface area (Å²) in [4.78, 5) is 0. The zero-order valence-electron chi connectivity index (χ0n) is 14.1. The first kappa shape index (κ1) is 15.3. The topological polar surface area (TPSA) is 20.2 Å². The molecule has 1 N–H and O–H groups in total. The van der Waals surface area contributed by atoms with E-state index in [1.807, 2.05) is 18.2 Å². The molecule has 22 heavy (non-hydrogen) atoms. The van der Waals surface area contributed by atoms with E-state index >= 15 is 0 Å². The van der Waals surface area contributed by atoms with E-state index in [0.29, 0.717) is 0 Å². The lowest BCUT2D eigenvalue weighted by Gasteiger charge is -2.33. The normalized spacial score (nSPS) is 27.0. The first-order valence-corrected chi connectivity index (χ1v) is 8.47. The van der Waals surface area contributed by atoms with Crippen LogP contribution >= 0.6 is 0 Å². The second kappa shape index (κ2) is 5.55. The van der Waals surface area contributed by atoms with Crippen molar-refractivity contribution in [2.75, 3.05) is 0 Å². The van der Waals surface area contributed by atoms with Crippen molar-refractivity contribution in [1.29, 1.82) is 0 Å². The number of aliphatic hydroxyl groups is 1. The van der Waals surface area contributed by atoms with E-state index in [4.69, 9.17) is 0 Å². The van der Waals surface area contributed by atoms with Gasteiger partial charge in [0.15, 0.2) is 0 Å². The van der Waals surface area contributed by atoms with Gasteiger partial charge in [-0.15, -0.1) is 0 Å². The third kappa shape index (κ3) is 2.03. The third-order valence-corrected chi connectivity index (χ3v) is 5.60. The summed E-state index contributed by atoms with van der Waals surface area (Å²) in [6.07, 6.45) is 2.07. The second-order valence-electron chi connectivity index (χ2n) is 6.60. The fourth-order valence-corrected chi connectivity index (χ4v) is 4.23. The summed E-state index contributed by atoms with van der Waals surface area (Å²) in [5, 5.41) is 11.6. The summed E-state index contributed by atoms with van der Waals surface area (Å²) >= 11 is 0. The van der Waals surface area contributed by atoms with Crippen LogP contribution in [0.15, 0.2) is 42.5 Å². The SMILES string of the molecule is CCc1cc(CC)c2c(c1)[C@@H](C)[C@](O)(c1ccccc1)[C@@H]2C. The summed E-state index contributed by atoms with van der Waals surface area (Å²) in [5.74, 6) is 0.248. The Bertz CT molecular complexity index is 674. The Kier molecular flexibility index (Phi) is 3.86. The van der Waals surface area contributed by atoms with Crippen LogP contribution < -0.4 is 0 Å². The molecule has 2 aromatic rings. The van der Waals surface area contributed by atoms with Crippen LogP contribution in [0.5, 0.6) is 0 Å². The van der Waals surface area contributed by atoms with Gasteiger partial charge in [0.2, 0.25) is 0 Å². The molecule has 0 heterocycles. The standard InChI is InChI=1S/C21H26O/c1-5-16-12-17(6-2)20-15(4)21(22,14(3)19(20)13-16)18-10-8-7-9-11-18/h7-15,22H,5-6H2,1-4H3/t14-,15-,21-/m1/s1. The van der Waals surface area contributed by atoms with Gasteiger partial charge in [-0.25, -0.2) is 0 Å². The molecule has 3 rings (SSSR count). The fourth-order valence-electron chi connectivity index (χ4n) is 4.23. The Morgan fingerprint density at radius 1 is 0.955 bits per heavy atom. The molecule has 1 heteroatoms. The van der Waals surface area contributed by atoms with Gasteiger partial charge in [0.1, 0.15) is 5.60 Å². The van der Waals surface area contributed by atoms with Gasteiger partial charge in [-0.3, -0.25) is 0 Å². The second-order valence-corrected chi connectivity index (χ2v) is 6.60. The van der Waals surface area contributed by atoms with Crippen molar-refractivity contribution in [2.24, 2.45) is 0 Å². The summed E-state index contributed by atoms with van der Waals surface area (Å²) in [5.41, 5.74) is 5.73. The van der Waals surface area contributed by atoms with E-state index in [2.05, 4.69) is 52.0 Å². The van der Waals surface area contributed by atoms with Gasteiger partial charge in [0.25, 0.3) is 0 Å². The Labute approximate surface area is 134 Å². The number of hydrogen-bond donors (Lipinski definition) is 1. The van der Waals surface area contributed by atoms with Gasteiger partial charge in [0.05, 0.1) is 0 Å². The number of aryl methyl sites for hydroxylation is 2. The maximum absolute atomic E-state index is 11.6. The third-order valence-electron chi connectivity index (χ3n) is 5.60. The minimum absolute atomic E-state index is 0.122. The van der Waals surface area contributed by atoms with Crippen LogP contribution in [-0.2, 0) is 18.4 Å². The Morgan fingerprint density at radius 2 is 1.64 bits per heavy atom. The van der Waals surface area contributed by atoms with Gasteiger partial charge in [-0.05, 0) is 40.7 Å². The van der Waals surface area contributed by atoms with E-state index in [1.165, 1.54) is 22.3 Å². The number of hydrogen-bond acceptors (Lipinski definition) is 1. The van der Waals surface area contributed by atoms with E-state index in [1.54, 1.807) is 0 Å². The van der Waals surface area contributed by atoms with Gasteiger partial charge < -0.3 is 5.11 Å². The molecule has 0 fully saturated rings. The highest BCUT2D eigenvalue weighted by molar-refractivity contribution is 5.52. The molecule has 0 aromatic heterocycles. The van der Waals surface area contributed by atoms with Gasteiger partial charge in [-0.1, -0.05) is 70.2 Å². The molecule has 0 saturated heterocycles. The van der Waals surface area contributed by atoms with Crippen LogP contribution in [0.25, 0.3) is 0 Å². The van der Waals surface area contributed by atoms with Crippen molar-refractivity contribution in [3.05, 3.63) is 70.3 Å². The maximum atomic E-state index is 11.6. The number of benzene rings is 2. The molecular weight excluding hydrogens is 268 g/mol. The largest absolute Gasteiger partial charge is 0.384 e. The highest BCUT2D eigenvalue weighted by Crippen LogP contribution is 2.55. The van der Waals surface area contributed by atoms with Crippen molar-refractivity contribution >= 4 is 0 Å².